The van der Waals surface area contributed by atoms with Crippen molar-refractivity contribution in [3.05, 3.63) is 0 Å². The van der Waals surface area contributed by atoms with E-state index in [9.17, 15) is 5.11 Å². The van der Waals surface area contributed by atoms with Crippen molar-refractivity contribution in [1.29, 1.82) is 0 Å². The van der Waals surface area contributed by atoms with Gasteiger partial charge < -0.3 is 9.84 Å². The number of nitrogens with zero attached hydrogens (tertiary/aromatic N) is 1. The zero-order valence-electron chi connectivity index (χ0n) is 9.95. The Labute approximate surface area is 93.4 Å². The minimum absolute atomic E-state index is 0.331. The summed E-state index contributed by atoms with van der Waals surface area (Å²) in [6, 6.07) is 0.432. The SMILES string of the molecule is COCCCCCN1CCCCC1CO. The fraction of sp³-hybridized carbons (Fsp3) is 1.00. The predicted molar refractivity (Wildman–Crippen MR) is 62.0 cm³/mol. The molecule has 1 atom stereocenters. The zero-order valence-corrected chi connectivity index (χ0v) is 9.95. The van der Waals surface area contributed by atoms with Crippen LogP contribution in [-0.2, 0) is 4.74 Å². The molecule has 0 saturated carbocycles. The lowest BCUT2D eigenvalue weighted by Gasteiger charge is -2.34. The summed E-state index contributed by atoms with van der Waals surface area (Å²) in [5, 5.41) is 9.24. The highest BCUT2D eigenvalue weighted by molar-refractivity contribution is 4.75. The van der Waals surface area contributed by atoms with Crippen LogP contribution in [0, 0.1) is 0 Å². The van der Waals surface area contributed by atoms with E-state index in [1.165, 1.54) is 38.6 Å². The van der Waals surface area contributed by atoms with Crippen LogP contribution >= 0.6 is 0 Å². The van der Waals surface area contributed by atoms with Crippen LogP contribution in [-0.4, -0.2) is 49.5 Å². The Balaban J connectivity index is 2.07. The summed E-state index contributed by atoms with van der Waals surface area (Å²) in [4.78, 5) is 2.45. The first kappa shape index (κ1) is 12.9. The van der Waals surface area contributed by atoms with Gasteiger partial charge in [0, 0.05) is 19.8 Å². The van der Waals surface area contributed by atoms with Crippen LogP contribution in [0.5, 0.6) is 0 Å². The molecular formula is C12H25NO2. The lowest BCUT2D eigenvalue weighted by atomic mass is 10.0. The van der Waals surface area contributed by atoms with E-state index in [1.807, 2.05) is 0 Å². The van der Waals surface area contributed by atoms with Gasteiger partial charge in [-0.1, -0.05) is 6.42 Å². The first-order valence-electron chi connectivity index (χ1n) is 6.22. The number of methoxy groups -OCH3 is 1. The van der Waals surface area contributed by atoms with Gasteiger partial charge in [-0.25, -0.2) is 0 Å². The van der Waals surface area contributed by atoms with Gasteiger partial charge in [0.25, 0.3) is 0 Å². The number of hydrogen-bond donors (Lipinski definition) is 1. The summed E-state index contributed by atoms with van der Waals surface area (Å²) in [5.41, 5.74) is 0. The molecule has 0 bridgehead atoms. The molecule has 0 amide bonds. The van der Waals surface area contributed by atoms with Gasteiger partial charge in [-0.05, 0) is 45.2 Å². The lowest BCUT2D eigenvalue weighted by molar-refractivity contribution is 0.0878. The summed E-state index contributed by atoms with van der Waals surface area (Å²) < 4.78 is 5.02. The molecular weight excluding hydrogens is 190 g/mol. The number of rotatable bonds is 7. The van der Waals surface area contributed by atoms with Crippen molar-refractivity contribution in [3.63, 3.8) is 0 Å². The second-order valence-electron chi connectivity index (χ2n) is 4.42. The molecule has 0 aromatic carbocycles. The fourth-order valence-electron chi connectivity index (χ4n) is 2.30. The molecule has 1 heterocycles. The highest BCUT2D eigenvalue weighted by atomic mass is 16.5. The lowest BCUT2D eigenvalue weighted by Crippen LogP contribution is -2.42. The molecule has 90 valence electrons. The summed E-state index contributed by atoms with van der Waals surface area (Å²) in [6.45, 7) is 3.53. The van der Waals surface area contributed by atoms with Crippen LogP contribution in [0.2, 0.25) is 0 Å². The summed E-state index contributed by atoms with van der Waals surface area (Å²) >= 11 is 0. The maximum Gasteiger partial charge on any atom is 0.0586 e. The average Bonchev–Trinajstić information content (AvgIpc) is 2.29. The van der Waals surface area contributed by atoms with Crippen molar-refractivity contribution in [2.24, 2.45) is 0 Å². The minimum Gasteiger partial charge on any atom is -0.395 e. The van der Waals surface area contributed by atoms with Crippen LogP contribution in [0.25, 0.3) is 0 Å². The largest absolute Gasteiger partial charge is 0.395 e. The minimum atomic E-state index is 0.331. The number of aliphatic hydroxyl groups is 1. The van der Waals surface area contributed by atoms with E-state index in [-0.39, 0.29) is 0 Å². The van der Waals surface area contributed by atoms with Crippen LogP contribution in [0.4, 0.5) is 0 Å². The molecule has 1 aliphatic heterocycles. The van der Waals surface area contributed by atoms with Gasteiger partial charge in [0.05, 0.1) is 6.61 Å². The molecule has 0 radical (unpaired) electrons. The van der Waals surface area contributed by atoms with E-state index < -0.39 is 0 Å². The maximum absolute atomic E-state index is 9.24. The van der Waals surface area contributed by atoms with Gasteiger partial charge in [-0.15, -0.1) is 0 Å². The number of piperidine rings is 1. The summed E-state index contributed by atoms with van der Waals surface area (Å²) in [5.74, 6) is 0. The first-order valence-corrected chi connectivity index (χ1v) is 6.22. The van der Waals surface area contributed by atoms with Gasteiger partial charge in [0.2, 0.25) is 0 Å². The normalized spacial score (nSPS) is 23.2. The molecule has 1 fully saturated rings. The Hall–Kier alpha value is -0.120. The molecule has 1 rings (SSSR count). The van der Waals surface area contributed by atoms with Gasteiger partial charge in [-0.2, -0.15) is 0 Å². The van der Waals surface area contributed by atoms with Crippen LogP contribution in [0.1, 0.15) is 38.5 Å². The average molecular weight is 215 g/mol. The van der Waals surface area contributed by atoms with Gasteiger partial charge in [0.1, 0.15) is 0 Å². The second kappa shape index (κ2) is 8.08. The van der Waals surface area contributed by atoms with E-state index in [0.29, 0.717) is 12.6 Å². The van der Waals surface area contributed by atoms with E-state index >= 15 is 0 Å². The molecule has 3 nitrogen and oxygen atoms in total. The van der Waals surface area contributed by atoms with E-state index in [2.05, 4.69) is 4.90 Å². The topological polar surface area (TPSA) is 32.7 Å². The molecule has 0 aromatic rings. The molecule has 1 saturated heterocycles. The standard InChI is InChI=1S/C12H25NO2/c1-15-10-6-2-4-8-13-9-5-3-7-12(13)11-14/h12,14H,2-11H2,1H3. The smallest absolute Gasteiger partial charge is 0.0586 e. The number of ether oxygens (including phenoxy) is 1. The van der Waals surface area contributed by atoms with Crippen LogP contribution in [0.15, 0.2) is 0 Å². The van der Waals surface area contributed by atoms with Crippen molar-refractivity contribution >= 4 is 0 Å². The van der Waals surface area contributed by atoms with E-state index in [0.717, 1.165) is 19.6 Å². The Morgan fingerprint density at radius 2 is 2.13 bits per heavy atom. The van der Waals surface area contributed by atoms with Crippen molar-refractivity contribution in [2.45, 2.75) is 44.6 Å². The molecule has 0 spiro atoms. The predicted octanol–water partition coefficient (Wildman–Crippen LogP) is 1.65. The third kappa shape index (κ3) is 4.96. The van der Waals surface area contributed by atoms with E-state index in [1.54, 1.807) is 7.11 Å². The van der Waals surface area contributed by atoms with Crippen LogP contribution < -0.4 is 0 Å². The van der Waals surface area contributed by atoms with Crippen LogP contribution in [0.3, 0.4) is 0 Å². The van der Waals surface area contributed by atoms with Crippen molar-refractivity contribution in [1.82, 2.24) is 4.90 Å². The highest BCUT2D eigenvalue weighted by Crippen LogP contribution is 2.17. The third-order valence-corrected chi connectivity index (χ3v) is 3.25. The monoisotopic (exact) mass is 215 g/mol. The van der Waals surface area contributed by atoms with Crippen molar-refractivity contribution in [3.8, 4) is 0 Å². The number of hydrogen-bond acceptors (Lipinski definition) is 3. The Kier molecular flexibility index (Phi) is 6.98. The van der Waals surface area contributed by atoms with Gasteiger partial charge in [-0.3, -0.25) is 4.90 Å². The third-order valence-electron chi connectivity index (χ3n) is 3.25. The zero-order chi connectivity index (χ0) is 10.9. The molecule has 3 heteroatoms. The Morgan fingerprint density at radius 1 is 1.27 bits per heavy atom. The number of likely N-dealkylation sites (tertiary alicyclic amines) is 1. The number of unbranched alkanes of at least 4 members (excludes halogenated alkanes) is 2. The quantitative estimate of drug-likeness (QED) is 0.655. The second-order valence-corrected chi connectivity index (χ2v) is 4.42. The molecule has 1 aliphatic rings. The van der Waals surface area contributed by atoms with Gasteiger partial charge >= 0.3 is 0 Å². The van der Waals surface area contributed by atoms with Crippen molar-refractivity contribution < 1.29 is 9.84 Å². The number of aliphatic hydroxyl groups excluding tert-OH is 1. The van der Waals surface area contributed by atoms with E-state index in [4.69, 9.17) is 4.74 Å². The van der Waals surface area contributed by atoms with Gasteiger partial charge in [0.15, 0.2) is 0 Å². The Bertz CT molecular complexity index is 153. The molecule has 0 aromatic heterocycles. The fourth-order valence-corrected chi connectivity index (χ4v) is 2.30. The highest BCUT2D eigenvalue weighted by Gasteiger charge is 2.20. The maximum atomic E-state index is 9.24. The van der Waals surface area contributed by atoms with Crippen molar-refractivity contribution in [2.75, 3.05) is 33.4 Å². The molecule has 1 unspecified atom stereocenters. The summed E-state index contributed by atoms with van der Waals surface area (Å²) in [7, 11) is 1.76. The molecule has 15 heavy (non-hydrogen) atoms. The molecule has 0 aliphatic carbocycles. The Morgan fingerprint density at radius 3 is 2.87 bits per heavy atom. The molecule has 1 N–H and O–H groups in total. The first-order chi connectivity index (χ1) is 7.38. The summed E-state index contributed by atoms with van der Waals surface area (Å²) in [6.07, 6.45) is 7.39.